The molecule has 0 radical (unpaired) electrons. The van der Waals surface area contributed by atoms with Gasteiger partial charge in [-0.3, -0.25) is 13.7 Å². The first-order chi connectivity index (χ1) is 69.9. The standard InChI is InChI=1S/3C40H24N6O/c1-2-13-25(14-3-1)37-42-38(30-19-12-18-29-28-17-6-11-24-35(28)47-36(29)30)44-39(43-37)46-33-22-9-5-16-27(33)26-15-4-8-21-32(26)45-34-23-10-7-20-31(34)41-40(45)46;1-2-13-25(14-3-1)37-42-38(29-18-12-24-35-36(29)28-17-6-11-23-34(28)47-35)44-39(43-37)46-32-21-9-5-16-27(32)26-15-4-8-20-31(26)45-33-22-10-7-19-30(33)41-40(45)46;1-2-12-25(13-3-1)37-42-38(26-22-23-36-30(24-26)29-16-6-11-21-35(29)47-36)44-39(43-37)46-33-19-9-5-15-28(33)27-14-4-8-18-32(27)45-34-20-10-7-17-31(34)41-40(45)46/h3*1-24H. The van der Waals surface area contributed by atoms with Crippen LogP contribution in [-0.2, 0) is 0 Å². The molecule has 0 spiro atoms. The Kier molecular flexibility index (Phi) is 18.4. The van der Waals surface area contributed by atoms with Gasteiger partial charge in [0.2, 0.25) is 35.7 Å². The lowest BCUT2D eigenvalue weighted by Crippen LogP contribution is -2.18. The van der Waals surface area contributed by atoms with Gasteiger partial charge >= 0.3 is 0 Å². The summed E-state index contributed by atoms with van der Waals surface area (Å²) in [4.78, 5) is 68.3. The molecule has 0 bridgehead atoms. The first-order valence-corrected chi connectivity index (χ1v) is 46.5. The van der Waals surface area contributed by atoms with Crippen molar-refractivity contribution in [2.24, 2.45) is 0 Å². The van der Waals surface area contributed by atoms with Gasteiger partial charge in [0.25, 0.3) is 0 Å². The first-order valence-electron chi connectivity index (χ1n) is 46.5. The summed E-state index contributed by atoms with van der Waals surface area (Å²) in [6.07, 6.45) is 0. The van der Waals surface area contributed by atoms with E-state index >= 15 is 0 Å². The summed E-state index contributed by atoms with van der Waals surface area (Å²) in [7, 11) is 0. The summed E-state index contributed by atoms with van der Waals surface area (Å²) in [6, 6.07) is 148. The highest BCUT2D eigenvalue weighted by atomic mass is 16.3. The van der Waals surface area contributed by atoms with E-state index in [1.807, 2.05) is 255 Å². The fourth-order valence-electron chi connectivity index (χ4n) is 20.2. The third kappa shape index (κ3) is 13.2. The van der Waals surface area contributed by atoms with Crippen molar-refractivity contribution in [3.05, 3.63) is 437 Å². The monoisotopic (exact) mass is 1810 g/mol. The van der Waals surface area contributed by atoms with Gasteiger partial charge in [-0.25, -0.2) is 44.6 Å². The van der Waals surface area contributed by atoms with E-state index in [2.05, 4.69) is 210 Å². The minimum absolute atomic E-state index is 0.457. The molecule has 0 saturated heterocycles. The second-order valence-corrected chi connectivity index (χ2v) is 34.6. The number of para-hydroxylation sites is 16. The fraction of sp³-hybridized carbons (Fsp3) is 0. The van der Waals surface area contributed by atoms with E-state index in [1.165, 1.54) is 0 Å². The Labute approximate surface area is 803 Å². The van der Waals surface area contributed by atoms with Crippen LogP contribution in [0, 0.1) is 0 Å². The summed E-state index contributed by atoms with van der Waals surface area (Å²) in [6.45, 7) is 0. The van der Waals surface area contributed by atoms with E-state index in [-0.39, 0.29) is 0 Å². The van der Waals surface area contributed by atoms with Crippen LogP contribution >= 0.6 is 0 Å². The molecule has 30 rings (SSSR count). The molecule has 0 amide bonds. The van der Waals surface area contributed by atoms with Gasteiger partial charge in [-0.2, -0.15) is 29.9 Å². The Morgan fingerprint density at radius 1 is 0.170 bits per heavy atom. The number of nitrogens with zero attached hydrogens (tertiary/aromatic N) is 18. The number of benzene rings is 18. The molecule has 0 aliphatic carbocycles. The van der Waals surface area contributed by atoms with E-state index in [0.29, 0.717) is 70.6 Å². The Morgan fingerprint density at radius 3 is 0.915 bits per heavy atom. The van der Waals surface area contributed by atoms with Crippen molar-refractivity contribution in [1.29, 1.82) is 0 Å². The predicted octanol–water partition coefficient (Wildman–Crippen LogP) is 29.7. The van der Waals surface area contributed by atoms with E-state index in [1.54, 1.807) is 0 Å². The second-order valence-electron chi connectivity index (χ2n) is 34.6. The molecule has 9 aromatic heterocycles. The molecular weight excluding hydrogens is 1740 g/mol. The second kappa shape index (κ2) is 32.5. The van der Waals surface area contributed by atoms with Crippen molar-refractivity contribution in [3.8, 4) is 119 Å². The molecule has 660 valence electrons. The molecule has 3 aliphatic rings. The molecule has 0 N–H and O–H groups in total. The number of aromatic nitrogens is 15. The number of fused-ring (bicyclic) bond motifs is 30. The number of anilines is 9. The third-order valence-electron chi connectivity index (χ3n) is 26.5. The zero-order valence-corrected chi connectivity index (χ0v) is 74.8. The summed E-state index contributed by atoms with van der Waals surface area (Å²) in [5.41, 5.74) is 28.0. The maximum absolute atomic E-state index is 6.45. The van der Waals surface area contributed by atoms with Crippen molar-refractivity contribution < 1.29 is 13.3 Å². The minimum Gasteiger partial charge on any atom is -0.456 e. The van der Waals surface area contributed by atoms with Gasteiger partial charge in [-0.1, -0.05) is 315 Å². The molecule has 0 saturated carbocycles. The smallest absolute Gasteiger partial charge is 0.241 e. The molecule has 0 unspecified atom stereocenters. The van der Waals surface area contributed by atoms with E-state index in [9.17, 15) is 0 Å². The molecule has 21 heteroatoms. The van der Waals surface area contributed by atoms with E-state index in [4.69, 9.17) is 73.1 Å². The van der Waals surface area contributed by atoms with Crippen LogP contribution in [-0.4, -0.2) is 73.5 Å². The molecule has 0 atom stereocenters. The van der Waals surface area contributed by atoms with E-state index < -0.39 is 0 Å². The maximum atomic E-state index is 6.45. The van der Waals surface area contributed by atoms with Crippen LogP contribution < -0.4 is 14.7 Å². The molecule has 18 aromatic carbocycles. The summed E-state index contributed by atoms with van der Waals surface area (Å²) < 4.78 is 25.5. The summed E-state index contributed by atoms with van der Waals surface area (Å²) >= 11 is 0. The van der Waals surface area contributed by atoms with Crippen molar-refractivity contribution in [1.82, 2.24) is 73.5 Å². The molecular formula is C120H72N18O3. The Bertz CT molecular complexity index is 9710. The zero-order valence-electron chi connectivity index (χ0n) is 74.8. The number of imidazole rings is 3. The van der Waals surface area contributed by atoms with Gasteiger partial charge in [-0.15, -0.1) is 0 Å². The predicted molar refractivity (Wildman–Crippen MR) is 559 cm³/mol. The highest BCUT2D eigenvalue weighted by molar-refractivity contribution is 6.13. The summed E-state index contributed by atoms with van der Waals surface area (Å²) in [5, 5.41) is 6.11. The normalized spacial score (nSPS) is 12.2. The number of rotatable bonds is 9. The van der Waals surface area contributed by atoms with Gasteiger partial charge < -0.3 is 13.3 Å². The lowest BCUT2D eigenvalue weighted by molar-refractivity contribution is 0.668. The number of hydrogen-bond donors (Lipinski definition) is 0. The zero-order chi connectivity index (χ0) is 92.7. The molecule has 3 aliphatic heterocycles. The highest BCUT2D eigenvalue weighted by Crippen LogP contribution is 2.53. The number of furan rings is 3. The topological polar surface area (TPSA) is 219 Å². The van der Waals surface area contributed by atoms with Crippen molar-refractivity contribution >= 4 is 152 Å². The van der Waals surface area contributed by atoms with Crippen LogP contribution in [0.4, 0.5) is 52.8 Å². The molecule has 12 heterocycles. The van der Waals surface area contributed by atoms with Gasteiger partial charge in [0.05, 0.1) is 72.8 Å². The van der Waals surface area contributed by atoms with Crippen LogP contribution in [0.25, 0.3) is 218 Å². The highest BCUT2D eigenvalue weighted by Gasteiger charge is 2.37. The Morgan fingerprint density at radius 2 is 0.461 bits per heavy atom. The molecule has 141 heavy (non-hydrogen) atoms. The van der Waals surface area contributed by atoms with Crippen LogP contribution in [0.3, 0.4) is 0 Å². The van der Waals surface area contributed by atoms with Gasteiger partial charge in [0.15, 0.2) is 34.9 Å². The summed E-state index contributed by atoms with van der Waals surface area (Å²) in [5.74, 6) is 6.82. The van der Waals surface area contributed by atoms with E-state index in [0.717, 1.165) is 200 Å². The van der Waals surface area contributed by atoms with Crippen molar-refractivity contribution in [2.45, 2.75) is 0 Å². The van der Waals surface area contributed by atoms with Crippen LogP contribution in [0.1, 0.15) is 0 Å². The third-order valence-corrected chi connectivity index (χ3v) is 26.5. The fourth-order valence-corrected chi connectivity index (χ4v) is 20.2. The molecule has 27 aromatic rings. The van der Waals surface area contributed by atoms with Gasteiger partial charge in [-0.05, 0) is 121 Å². The largest absolute Gasteiger partial charge is 0.456 e. The van der Waals surface area contributed by atoms with Gasteiger partial charge in [0.1, 0.15) is 33.5 Å². The minimum atomic E-state index is 0.457. The average Bonchev–Trinajstić information content (AvgIpc) is 1.56. The molecule has 0 fully saturated rings. The first kappa shape index (κ1) is 79.7. The lowest BCUT2D eigenvalue weighted by atomic mass is 10.0. The van der Waals surface area contributed by atoms with Crippen molar-refractivity contribution in [3.63, 3.8) is 0 Å². The van der Waals surface area contributed by atoms with Crippen LogP contribution in [0.2, 0.25) is 0 Å². The lowest BCUT2D eigenvalue weighted by Gasteiger charge is -2.23. The van der Waals surface area contributed by atoms with Crippen LogP contribution in [0.5, 0.6) is 0 Å². The SMILES string of the molecule is c1ccc(-c2nc(-c3ccc4oc5ccccc5c4c3)nc(N3c4ccccc4-c4ccccc4-n4c3nc3ccccc34)n2)cc1.c1ccc(-c2nc(-c3cccc4c3oc3ccccc34)nc(N3c4ccccc4-c4ccccc4-n4c3nc3ccccc34)n2)cc1.c1ccc(-c2nc(-c3cccc4oc5ccccc5c34)nc(N3c4ccccc4-c4ccccc4-n4c3nc3ccccc34)n2)cc1. The maximum Gasteiger partial charge on any atom is 0.241 e. The molecule has 21 nitrogen and oxygen atoms in total. The average molecular weight is 1810 g/mol. The van der Waals surface area contributed by atoms with Crippen LogP contribution in [0.15, 0.2) is 450 Å². The quantitative estimate of drug-likeness (QED) is 0.131. The van der Waals surface area contributed by atoms with Gasteiger partial charge in [0, 0.05) is 93.5 Å². The Hall–Kier alpha value is -19.8. The Balaban J connectivity index is 0.000000104. The van der Waals surface area contributed by atoms with Crippen molar-refractivity contribution in [2.75, 3.05) is 14.7 Å². The number of hydrogen-bond acceptors (Lipinski definition) is 18.